The molecule has 0 unspecified atom stereocenters. The van der Waals surface area contributed by atoms with E-state index >= 15 is 0 Å². The van der Waals surface area contributed by atoms with E-state index in [0.29, 0.717) is 0 Å². The van der Waals surface area contributed by atoms with E-state index in [1.54, 1.807) is 0 Å². The quantitative estimate of drug-likeness (QED) is 0.471. The van der Waals surface area contributed by atoms with Crippen LogP contribution in [0.15, 0.2) is 83.9 Å². The second kappa shape index (κ2) is 8.23. The zero-order valence-corrected chi connectivity index (χ0v) is 16.2. The van der Waals surface area contributed by atoms with Gasteiger partial charge in [0.25, 0.3) is 0 Å². The van der Waals surface area contributed by atoms with E-state index in [1.165, 1.54) is 11.8 Å². The van der Waals surface area contributed by atoms with Crippen LogP contribution in [0.3, 0.4) is 0 Å². The van der Waals surface area contributed by atoms with Gasteiger partial charge in [-0.2, -0.15) is 0 Å². The molecule has 0 atom stereocenters. The Morgan fingerprint density at radius 3 is 2.32 bits per heavy atom. The summed E-state index contributed by atoms with van der Waals surface area (Å²) in [4.78, 5) is 12.4. The van der Waals surface area contributed by atoms with Gasteiger partial charge in [-0.1, -0.05) is 84.6 Å². The largest absolute Gasteiger partial charge is 0.325 e. The first-order valence-electron chi connectivity index (χ1n) is 9.01. The molecule has 138 valence electrons. The monoisotopic (exact) mass is 385 g/mol. The molecule has 0 spiro atoms. The SMILES string of the molecule is Cc1ccccc1NC(=O)CSc1nnc(-c2ccccc2)c2ccccc12. The van der Waals surface area contributed by atoms with Crippen molar-refractivity contribution < 1.29 is 4.79 Å². The fourth-order valence-corrected chi connectivity index (χ4v) is 3.80. The third-order valence-electron chi connectivity index (χ3n) is 4.46. The van der Waals surface area contributed by atoms with Crippen LogP contribution >= 0.6 is 11.8 Å². The van der Waals surface area contributed by atoms with Crippen molar-refractivity contribution in [3.8, 4) is 11.3 Å². The minimum atomic E-state index is -0.0580. The molecule has 5 heteroatoms. The molecule has 0 radical (unpaired) electrons. The van der Waals surface area contributed by atoms with Crippen LogP contribution in [-0.2, 0) is 4.79 Å². The first-order valence-corrected chi connectivity index (χ1v) is 10.00. The van der Waals surface area contributed by atoms with Gasteiger partial charge in [-0.15, -0.1) is 10.2 Å². The van der Waals surface area contributed by atoms with Crippen molar-refractivity contribution in [1.29, 1.82) is 0 Å². The molecule has 0 aliphatic rings. The normalized spacial score (nSPS) is 10.8. The van der Waals surface area contributed by atoms with Gasteiger partial charge in [0.1, 0.15) is 10.7 Å². The fourth-order valence-electron chi connectivity index (χ4n) is 3.03. The van der Waals surface area contributed by atoms with Gasteiger partial charge in [0.2, 0.25) is 5.91 Å². The van der Waals surface area contributed by atoms with Gasteiger partial charge >= 0.3 is 0 Å². The molecule has 3 aromatic carbocycles. The number of benzene rings is 3. The second-order valence-electron chi connectivity index (χ2n) is 6.42. The van der Waals surface area contributed by atoms with Gasteiger partial charge < -0.3 is 5.32 Å². The standard InChI is InChI=1S/C23H19N3OS/c1-16-9-5-8-14-20(16)24-21(27)15-28-23-19-13-7-6-12-18(19)22(25-26-23)17-10-3-2-4-11-17/h2-14H,15H2,1H3,(H,24,27). The van der Waals surface area contributed by atoms with E-state index in [2.05, 4.69) is 15.5 Å². The number of amides is 1. The van der Waals surface area contributed by atoms with Crippen molar-refractivity contribution in [3.05, 3.63) is 84.4 Å². The lowest BCUT2D eigenvalue weighted by atomic mass is 10.1. The first-order chi connectivity index (χ1) is 13.7. The minimum Gasteiger partial charge on any atom is -0.325 e. The highest BCUT2D eigenvalue weighted by molar-refractivity contribution is 8.00. The average Bonchev–Trinajstić information content (AvgIpc) is 2.74. The van der Waals surface area contributed by atoms with Gasteiger partial charge in [0.05, 0.1) is 5.75 Å². The number of para-hydroxylation sites is 1. The molecule has 1 heterocycles. The molecule has 1 N–H and O–H groups in total. The maximum atomic E-state index is 12.4. The summed E-state index contributed by atoms with van der Waals surface area (Å²) < 4.78 is 0. The highest BCUT2D eigenvalue weighted by Gasteiger charge is 2.13. The van der Waals surface area contributed by atoms with Gasteiger partial charge in [0.15, 0.2) is 0 Å². The number of fused-ring (bicyclic) bond motifs is 1. The number of hydrogen-bond donors (Lipinski definition) is 1. The molecule has 4 aromatic rings. The van der Waals surface area contributed by atoms with E-state index in [1.807, 2.05) is 85.8 Å². The molecule has 4 nitrogen and oxygen atoms in total. The molecule has 0 bridgehead atoms. The number of thioether (sulfide) groups is 1. The first kappa shape index (κ1) is 18.2. The number of nitrogens with zero attached hydrogens (tertiary/aromatic N) is 2. The van der Waals surface area contributed by atoms with Crippen molar-refractivity contribution in [2.45, 2.75) is 11.9 Å². The van der Waals surface area contributed by atoms with Crippen LogP contribution in [0, 0.1) is 6.92 Å². The molecule has 0 saturated carbocycles. The van der Waals surface area contributed by atoms with E-state index in [4.69, 9.17) is 0 Å². The summed E-state index contributed by atoms with van der Waals surface area (Å²) >= 11 is 1.40. The summed E-state index contributed by atoms with van der Waals surface area (Å²) in [5, 5.41) is 14.6. The molecular weight excluding hydrogens is 366 g/mol. The molecule has 0 fully saturated rings. The molecule has 4 rings (SSSR count). The molecule has 28 heavy (non-hydrogen) atoms. The third-order valence-corrected chi connectivity index (χ3v) is 5.44. The summed E-state index contributed by atoms with van der Waals surface area (Å²) in [6, 6.07) is 25.8. The highest BCUT2D eigenvalue weighted by Crippen LogP contribution is 2.31. The van der Waals surface area contributed by atoms with Crippen LogP contribution in [0.1, 0.15) is 5.56 Å². The Balaban J connectivity index is 1.57. The van der Waals surface area contributed by atoms with E-state index in [-0.39, 0.29) is 11.7 Å². The molecule has 1 amide bonds. The van der Waals surface area contributed by atoms with Crippen LogP contribution in [0.5, 0.6) is 0 Å². The van der Waals surface area contributed by atoms with Crippen LogP contribution in [0.2, 0.25) is 0 Å². The minimum absolute atomic E-state index is 0.0580. The van der Waals surface area contributed by atoms with Gasteiger partial charge in [-0.05, 0) is 18.6 Å². The second-order valence-corrected chi connectivity index (χ2v) is 7.38. The number of hydrogen-bond acceptors (Lipinski definition) is 4. The lowest BCUT2D eigenvalue weighted by Crippen LogP contribution is -2.15. The summed E-state index contributed by atoms with van der Waals surface area (Å²) in [6.07, 6.45) is 0. The lowest BCUT2D eigenvalue weighted by molar-refractivity contribution is -0.113. The third kappa shape index (κ3) is 3.89. The van der Waals surface area contributed by atoms with Crippen molar-refractivity contribution in [1.82, 2.24) is 10.2 Å². The Bertz CT molecular complexity index is 1130. The highest BCUT2D eigenvalue weighted by atomic mass is 32.2. The summed E-state index contributed by atoms with van der Waals surface area (Å²) in [5.41, 5.74) is 3.76. The number of carbonyl (C=O) groups excluding carboxylic acids is 1. The number of aryl methyl sites for hydroxylation is 1. The van der Waals surface area contributed by atoms with Gasteiger partial charge in [-0.25, -0.2) is 0 Å². The Morgan fingerprint density at radius 2 is 1.54 bits per heavy atom. The smallest absolute Gasteiger partial charge is 0.234 e. The summed E-state index contributed by atoms with van der Waals surface area (Å²) in [6.45, 7) is 1.98. The number of carbonyl (C=O) groups is 1. The van der Waals surface area contributed by atoms with Crippen molar-refractivity contribution in [2.24, 2.45) is 0 Å². The topological polar surface area (TPSA) is 54.9 Å². The molecule has 0 saturated heterocycles. The Morgan fingerprint density at radius 1 is 0.857 bits per heavy atom. The number of aromatic nitrogens is 2. The van der Waals surface area contributed by atoms with Crippen LogP contribution in [0.25, 0.3) is 22.0 Å². The van der Waals surface area contributed by atoms with Gasteiger partial charge in [-0.3, -0.25) is 4.79 Å². The molecule has 0 aliphatic heterocycles. The summed E-state index contributed by atoms with van der Waals surface area (Å²) in [7, 11) is 0. The van der Waals surface area contributed by atoms with Crippen LogP contribution < -0.4 is 5.32 Å². The Kier molecular flexibility index (Phi) is 5.35. The number of anilines is 1. The van der Waals surface area contributed by atoms with Crippen LogP contribution in [0.4, 0.5) is 5.69 Å². The predicted molar refractivity (Wildman–Crippen MR) is 116 cm³/mol. The number of rotatable bonds is 5. The lowest BCUT2D eigenvalue weighted by Gasteiger charge is -2.10. The number of nitrogens with one attached hydrogen (secondary N) is 1. The van der Waals surface area contributed by atoms with E-state index < -0.39 is 0 Å². The van der Waals surface area contributed by atoms with Crippen LogP contribution in [-0.4, -0.2) is 21.9 Å². The van der Waals surface area contributed by atoms with E-state index in [9.17, 15) is 4.79 Å². The molecule has 0 aliphatic carbocycles. The average molecular weight is 385 g/mol. The zero-order chi connectivity index (χ0) is 19.3. The maximum absolute atomic E-state index is 12.4. The molecular formula is C23H19N3OS. The maximum Gasteiger partial charge on any atom is 0.234 e. The Labute approximate surface area is 168 Å². The zero-order valence-electron chi connectivity index (χ0n) is 15.4. The van der Waals surface area contributed by atoms with Crippen molar-refractivity contribution in [2.75, 3.05) is 11.1 Å². The van der Waals surface area contributed by atoms with Crippen molar-refractivity contribution >= 4 is 34.1 Å². The fraction of sp³-hybridized carbons (Fsp3) is 0.0870. The van der Waals surface area contributed by atoms with Gasteiger partial charge in [0, 0.05) is 22.0 Å². The van der Waals surface area contributed by atoms with Crippen molar-refractivity contribution in [3.63, 3.8) is 0 Å². The Hall–Kier alpha value is -3.18. The summed E-state index contributed by atoms with van der Waals surface area (Å²) in [5.74, 6) is 0.217. The van der Waals surface area contributed by atoms with E-state index in [0.717, 1.165) is 38.3 Å². The molecule has 1 aromatic heterocycles. The predicted octanol–water partition coefficient (Wildman–Crippen LogP) is 5.34.